The van der Waals surface area contributed by atoms with Crippen molar-refractivity contribution in [3.05, 3.63) is 35.9 Å². The molecule has 0 bridgehead atoms. The third-order valence-corrected chi connectivity index (χ3v) is 9.04. The Bertz CT molecular complexity index is 947. The summed E-state index contributed by atoms with van der Waals surface area (Å²) < 4.78 is 11.9. The van der Waals surface area contributed by atoms with Crippen molar-refractivity contribution < 1.29 is 29.3 Å². The van der Waals surface area contributed by atoms with Crippen LogP contribution < -0.4 is 5.32 Å². The van der Waals surface area contributed by atoms with Gasteiger partial charge in [-0.2, -0.15) is 0 Å². The van der Waals surface area contributed by atoms with E-state index in [0.29, 0.717) is 19.4 Å². The van der Waals surface area contributed by atoms with Crippen molar-refractivity contribution in [2.75, 3.05) is 27.8 Å². The van der Waals surface area contributed by atoms with E-state index in [-0.39, 0.29) is 41.8 Å². The van der Waals surface area contributed by atoms with Crippen LogP contribution in [0.5, 0.6) is 0 Å². The molecule has 2 amide bonds. The Morgan fingerprint density at radius 3 is 2.26 bits per heavy atom. The van der Waals surface area contributed by atoms with Gasteiger partial charge in [-0.1, -0.05) is 71.4 Å². The highest BCUT2D eigenvalue weighted by Gasteiger charge is 2.42. The molecular formula is C33H57N3O6. The minimum Gasteiger partial charge on any atom is -0.386 e. The van der Waals surface area contributed by atoms with Crippen molar-refractivity contribution in [1.29, 1.82) is 0 Å². The largest absolute Gasteiger partial charge is 0.386 e. The van der Waals surface area contributed by atoms with Crippen molar-refractivity contribution >= 4 is 11.8 Å². The Morgan fingerprint density at radius 1 is 1.07 bits per heavy atom. The molecule has 1 fully saturated rings. The quantitative estimate of drug-likeness (QED) is 0.251. The number of benzene rings is 1. The number of carbonyl (C=O) groups excluding carboxylic acids is 2. The number of methoxy groups -OCH3 is 2. The first kappa shape index (κ1) is 36.2. The summed E-state index contributed by atoms with van der Waals surface area (Å²) in [5.74, 6) is -0.200. The highest BCUT2D eigenvalue weighted by atomic mass is 16.5. The monoisotopic (exact) mass is 591 g/mol. The lowest BCUT2D eigenvalue weighted by molar-refractivity contribution is -0.141. The number of hydrogen-bond donors (Lipinski definition) is 3. The van der Waals surface area contributed by atoms with Crippen molar-refractivity contribution in [2.24, 2.45) is 17.8 Å². The maximum absolute atomic E-state index is 13.3. The number of likely N-dealkylation sites (tertiary alicyclic amines) is 1. The summed E-state index contributed by atoms with van der Waals surface area (Å²) in [4.78, 5) is 30.2. The minimum atomic E-state index is -0.830. The molecule has 1 heterocycles. The zero-order valence-corrected chi connectivity index (χ0v) is 27.3. The summed E-state index contributed by atoms with van der Waals surface area (Å²) in [5.41, 5.74) is 0.742. The molecule has 1 aromatic rings. The van der Waals surface area contributed by atoms with Gasteiger partial charge in [0.15, 0.2) is 0 Å². The maximum Gasteiger partial charge on any atom is 0.225 e. The van der Waals surface area contributed by atoms with E-state index >= 15 is 0 Å². The smallest absolute Gasteiger partial charge is 0.225 e. The van der Waals surface area contributed by atoms with Crippen LogP contribution in [-0.2, 0) is 19.1 Å². The first-order valence-electron chi connectivity index (χ1n) is 15.7. The maximum atomic E-state index is 13.3. The van der Waals surface area contributed by atoms with Gasteiger partial charge in [0.2, 0.25) is 11.8 Å². The molecule has 3 N–H and O–H groups in total. The SMILES string of the molecule is CCC(C)C(C(CC(O)N1CCC[C@H]1C(OC)C(C)C(=O)NC(C)C(O)c1ccccc1)OC)N(C)C(=O)CC(C)C. The van der Waals surface area contributed by atoms with Crippen LogP contribution in [-0.4, -0.2) is 96.2 Å². The van der Waals surface area contributed by atoms with Crippen LogP contribution in [0, 0.1) is 17.8 Å². The Kier molecular flexibility index (Phi) is 14.9. The third-order valence-electron chi connectivity index (χ3n) is 9.04. The van der Waals surface area contributed by atoms with Crippen LogP contribution >= 0.6 is 0 Å². The molecule has 1 saturated heterocycles. The van der Waals surface area contributed by atoms with Crippen LogP contribution in [0.15, 0.2) is 30.3 Å². The number of nitrogens with zero attached hydrogens (tertiary/aromatic N) is 2. The van der Waals surface area contributed by atoms with Gasteiger partial charge in [-0.3, -0.25) is 14.5 Å². The molecule has 1 aliphatic heterocycles. The van der Waals surface area contributed by atoms with Crippen molar-refractivity contribution in [3.63, 3.8) is 0 Å². The third kappa shape index (κ3) is 9.48. The summed E-state index contributed by atoms with van der Waals surface area (Å²) in [7, 11) is 5.09. The van der Waals surface area contributed by atoms with Gasteiger partial charge >= 0.3 is 0 Å². The van der Waals surface area contributed by atoms with Gasteiger partial charge in [0.25, 0.3) is 0 Å². The lowest BCUT2D eigenvalue weighted by Crippen LogP contribution is -2.55. The molecule has 0 aliphatic carbocycles. The molecular weight excluding hydrogens is 534 g/mol. The second-order valence-corrected chi connectivity index (χ2v) is 12.6. The average Bonchev–Trinajstić information content (AvgIpc) is 3.46. The van der Waals surface area contributed by atoms with E-state index < -0.39 is 30.4 Å². The van der Waals surface area contributed by atoms with Gasteiger partial charge in [0.05, 0.1) is 36.3 Å². The Morgan fingerprint density at radius 2 is 1.71 bits per heavy atom. The normalized spacial score (nSPS) is 21.7. The highest BCUT2D eigenvalue weighted by Crippen LogP contribution is 2.31. The fourth-order valence-electron chi connectivity index (χ4n) is 6.37. The average molecular weight is 592 g/mol. The van der Waals surface area contributed by atoms with Crippen LogP contribution in [0.25, 0.3) is 0 Å². The first-order chi connectivity index (χ1) is 19.9. The van der Waals surface area contributed by atoms with Crippen molar-refractivity contribution in [2.45, 2.75) is 116 Å². The molecule has 9 atom stereocenters. The number of likely N-dealkylation sites (N-methyl/N-ethyl adjacent to an activating group) is 1. The standard InChI is InChI=1S/C33H57N3O6/c1-10-22(4)30(35(7)28(37)19-21(2)3)27(41-8)20-29(38)36-18-14-17-26(36)32(42-9)23(5)33(40)34-24(6)31(39)25-15-12-11-13-16-25/h11-13,15-16,21-24,26-27,29-32,38-39H,10,14,17-20H2,1-9H3,(H,34,40)/t22?,23?,24?,26-,27?,29?,30?,31?,32?/m0/s1. The Labute approximate surface area is 253 Å². The Balaban J connectivity index is 2.14. The molecule has 2 rings (SSSR count). The van der Waals surface area contributed by atoms with E-state index in [1.807, 2.05) is 68.0 Å². The van der Waals surface area contributed by atoms with Gasteiger partial charge in [0.1, 0.15) is 6.23 Å². The van der Waals surface area contributed by atoms with E-state index in [4.69, 9.17) is 9.47 Å². The van der Waals surface area contributed by atoms with Crippen LogP contribution in [0.1, 0.15) is 85.3 Å². The number of hydrogen-bond acceptors (Lipinski definition) is 7. The molecule has 1 aliphatic rings. The van der Waals surface area contributed by atoms with Gasteiger partial charge in [0, 0.05) is 46.7 Å². The zero-order chi connectivity index (χ0) is 31.6. The zero-order valence-electron chi connectivity index (χ0n) is 27.3. The molecule has 0 radical (unpaired) electrons. The van der Waals surface area contributed by atoms with E-state index in [0.717, 1.165) is 24.8 Å². The fraction of sp³-hybridized carbons (Fsp3) is 0.758. The molecule has 0 aromatic heterocycles. The first-order valence-corrected chi connectivity index (χ1v) is 15.7. The second kappa shape index (κ2) is 17.3. The van der Waals surface area contributed by atoms with Gasteiger partial charge in [-0.05, 0) is 37.2 Å². The lowest BCUT2D eigenvalue weighted by atomic mass is 9.89. The number of aliphatic hydroxyl groups is 2. The number of aliphatic hydroxyl groups excluding tert-OH is 2. The van der Waals surface area contributed by atoms with E-state index in [1.165, 1.54) is 0 Å². The predicted molar refractivity (Wildman–Crippen MR) is 166 cm³/mol. The summed E-state index contributed by atoms with van der Waals surface area (Å²) in [6, 6.07) is 8.45. The molecule has 0 spiro atoms. The lowest BCUT2D eigenvalue weighted by Gasteiger charge is -2.41. The number of nitrogens with one attached hydrogen (secondary N) is 1. The minimum absolute atomic E-state index is 0.0804. The van der Waals surface area contributed by atoms with E-state index in [9.17, 15) is 19.8 Å². The van der Waals surface area contributed by atoms with Gasteiger partial charge in [-0.15, -0.1) is 0 Å². The molecule has 9 nitrogen and oxygen atoms in total. The molecule has 1 aromatic carbocycles. The van der Waals surface area contributed by atoms with Crippen LogP contribution in [0.2, 0.25) is 0 Å². The summed E-state index contributed by atoms with van der Waals surface area (Å²) in [6.45, 7) is 12.6. The summed E-state index contributed by atoms with van der Waals surface area (Å²) in [5, 5.41) is 25.3. The number of amides is 2. The van der Waals surface area contributed by atoms with Gasteiger partial charge in [-0.25, -0.2) is 0 Å². The molecule has 9 heteroatoms. The molecule has 42 heavy (non-hydrogen) atoms. The van der Waals surface area contributed by atoms with Crippen LogP contribution in [0.3, 0.4) is 0 Å². The molecule has 8 unspecified atom stereocenters. The van der Waals surface area contributed by atoms with Crippen molar-refractivity contribution in [1.82, 2.24) is 15.1 Å². The number of ether oxygens (including phenoxy) is 2. The highest BCUT2D eigenvalue weighted by molar-refractivity contribution is 5.79. The van der Waals surface area contributed by atoms with E-state index in [2.05, 4.69) is 19.2 Å². The summed E-state index contributed by atoms with van der Waals surface area (Å²) >= 11 is 0. The molecule has 0 saturated carbocycles. The summed E-state index contributed by atoms with van der Waals surface area (Å²) in [6.07, 6.45) is 0.863. The number of rotatable bonds is 17. The second-order valence-electron chi connectivity index (χ2n) is 12.6. The number of carbonyl (C=O) groups is 2. The molecule has 240 valence electrons. The Hall–Kier alpha value is -2.04. The van der Waals surface area contributed by atoms with Crippen molar-refractivity contribution in [3.8, 4) is 0 Å². The predicted octanol–water partition coefficient (Wildman–Crippen LogP) is 3.98. The van der Waals surface area contributed by atoms with Crippen LogP contribution in [0.4, 0.5) is 0 Å². The van der Waals surface area contributed by atoms with Gasteiger partial charge < -0.3 is 29.9 Å². The topological polar surface area (TPSA) is 112 Å². The fourth-order valence-corrected chi connectivity index (χ4v) is 6.37. The van der Waals surface area contributed by atoms with E-state index in [1.54, 1.807) is 21.1 Å².